The van der Waals surface area contributed by atoms with Gasteiger partial charge in [0.1, 0.15) is 17.5 Å². The Morgan fingerprint density at radius 1 is 0.789 bits per heavy atom. The van der Waals surface area contributed by atoms with Crippen molar-refractivity contribution in [3.63, 3.8) is 0 Å². The van der Waals surface area contributed by atoms with E-state index in [4.69, 9.17) is 22.2 Å². The van der Waals surface area contributed by atoms with Gasteiger partial charge in [-0.05, 0) is 74.2 Å². The molecule has 2 saturated heterocycles. The third kappa shape index (κ3) is 7.10. The Morgan fingerprint density at radius 2 is 1.42 bits per heavy atom. The van der Waals surface area contributed by atoms with Gasteiger partial charge < -0.3 is 25.3 Å². The number of piperidine rings is 1. The van der Waals surface area contributed by atoms with Gasteiger partial charge in [-0.1, -0.05) is 30.3 Å². The van der Waals surface area contributed by atoms with Crippen LogP contribution < -0.4 is 25.3 Å². The highest BCUT2D eigenvalue weighted by atomic mass is 32.1. The van der Waals surface area contributed by atoms with Crippen LogP contribution in [0.5, 0.6) is 0 Å². The van der Waals surface area contributed by atoms with Gasteiger partial charge in [0.05, 0.1) is 0 Å². The molecule has 2 aliphatic rings. The van der Waals surface area contributed by atoms with E-state index in [0.29, 0.717) is 17.6 Å². The van der Waals surface area contributed by atoms with Gasteiger partial charge in [-0.2, -0.15) is 9.97 Å². The number of nitrogens with one attached hydrogen (secondary N) is 2. The van der Waals surface area contributed by atoms with E-state index < -0.39 is 0 Å². The van der Waals surface area contributed by atoms with Crippen LogP contribution in [-0.2, 0) is 6.42 Å². The first kappa shape index (κ1) is 26.2. The Balaban J connectivity index is 1.21. The summed E-state index contributed by atoms with van der Waals surface area (Å²) in [5.74, 6) is 2.22. The molecular weight excluding hydrogens is 497 g/mol. The van der Waals surface area contributed by atoms with Gasteiger partial charge in [-0.25, -0.2) is 4.39 Å². The fourth-order valence-electron chi connectivity index (χ4n) is 5.05. The average Bonchev–Trinajstić information content (AvgIpc) is 2.97. The number of para-hydroxylation sites is 1. The Morgan fingerprint density at radius 3 is 2.11 bits per heavy atom. The molecular formula is C29H36FN7S. The van der Waals surface area contributed by atoms with Crippen molar-refractivity contribution in [2.45, 2.75) is 32.1 Å². The van der Waals surface area contributed by atoms with Crippen molar-refractivity contribution in [1.29, 1.82) is 0 Å². The van der Waals surface area contributed by atoms with E-state index in [1.54, 1.807) is 0 Å². The molecule has 0 unspecified atom stereocenters. The maximum Gasteiger partial charge on any atom is 0.232 e. The molecule has 7 nitrogen and oxygen atoms in total. The first-order valence-electron chi connectivity index (χ1n) is 13.6. The lowest BCUT2D eigenvalue weighted by Gasteiger charge is -2.37. The quantitative estimate of drug-likeness (QED) is 0.315. The van der Waals surface area contributed by atoms with Crippen molar-refractivity contribution < 1.29 is 4.39 Å². The lowest BCUT2D eigenvalue weighted by atomic mass is 10.1. The topological polar surface area (TPSA) is 59.6 Å². The lowest BCUT2D eigenvalue weighted by Crippen LogP contribution is -2.47. The molecule has 0 bridgehead atoms. The fourth-order valence-corrected chi connectivity index (χ4v) is 5.24. The van der Waals surface area contributed by atoms with Crippen LogP contribution in [0.1, 0.15) is 31.2 Å². The minimum atomic E-state index is -0.207. The van der Waals surface area contributed by atoms with Gasteiger partial charge in [-0.3, -0.25) is 0 Å². The molecule has 0 amide bonds. The van der Waals surface area contributed by atoms with Gasteiger partial charge in [0.2, 0.25) is 5.95 Å². The molecule has 2 fully saturated rings. The summed E-state index contributed by atoms with van der Waals surface area (Å²) in [6.45, 7) is 6.44. The third-order valence-electron chi connectivity index (χ3n) is 7.17. The highest BCUT2D eigenvalue weighted by Gasteiger charge is 2.22. The molecule has 0 atom stereocenters. The summed E-state index contributed by atoms with van der Waals surface area (Å²) in [4.78, 5) is 16.8. The molecule has 2 N–H and O–H groups in total. The predicted molar refractivity (Wildman–Crippen MR) is 158 cm³/mol. The number of nitrogens with zero attached hydrogens (tertiary/aromatic N) is 5. The van der Waals surface area contributed by atoms with Gasteiger partial charge >= 0.3 is 0 Å². The first-order valence-corrected chi connectivity index (χ1v) is 14.0. The lowest BCUT2D eigenvalue weighted by molar-refractivity contribution is 0.573. The van der Waals surface area contributed by atoms with Gasteiger partial charge in [0.25, 0.3) is 0 Å². The Labute approximate surface area is 230 Å². The van der Waals surface area contributed by atoms with Crippen molar-refractivity contribution in [1.82, 2.24) is 15.3 Å². The second-order valence-corrected chi connectivity index (χ2v) is 10.3. The van der Waals surface area contributed by atoms with E-state index in [1.807, 2.05) is 12.1 Å². The highest BCUT2D eigenvalue weighted by Crippen LogP contribution is 2.26. The number of hydrogen-bond donors (Lipinski definition) is 2. The van der Waals surface area contributed by atoms with Crippen molar-refractivity contribution in [3.8, 4) is 0 Å². The maximum atomic E-state index is 13.1. The largest absolute Gasteiger partial charge is 0.368 e. The zero-order valence-electron chi connectivity index (χ0n) is 21.8. The number of piperazine rings is 1. The smallest absolute Gasteiger partial charge is 0.232 e. The monoisotopic (exact) mass is 533 g/mol. The normalized spacial score (nSPS) is 15.9. The highest BCUT2D eigenvalue weighted by molar-refractivity contribution is 7.80. The number of anilines is 4. The second kappa shape index (κ2) is 12.9. The van der Waals surface area contributed by atoms with Crippen LogP contribution in [0.2, 0.25) is 0 Å². The van der Waals surface area contributed by atoms with Crippen molar-refractivity contribution in [3.05, 3.63) is 72.0 Å². The van der Waals surface area contributed by atoms with Crippen LogP contribution in [-0.4, -0.2) is 60.9 Å². The zero-order chi connectivity index (χ0) is 26.2. The zero-order valence-corrected chi connectivity index (χ0v) is 22.6. The molecule has 2 aromatic carbocycles. The Hall–Kier alpha value is -3.46. The van der Waals surface area contributed by atoms with E-state index in [1.165, 1.54) is 37.1 Å². The number of rotatable bonds is 8. The molecule has 38 heavy (non-hydrogen) atoms. The fraction of sp³-hybridized carbons (Fsp3) is 0.414. The van der Waals surface area contributed by atoms with Gasteiger partial charge in [0, 0.05) is 57.6 Å². The number of aromatic nitrogens is 2. The van der Waals surface area contributed by atoms with Crippen molar-refractivity contribution >= 4 is 40.6 Å². The Kier molecular flexibility index (Phi) is 8.86. The van der Waals surface area contributed by atoms with E-state index in [9.17, 15) is 4.39 Å². The maximum absolute atomic E-state index is 13.1. The minimum absolute atomic E-state index is 0.207. The van der Waals surface area contributed by atoms with Crippen molar-refractivity contribution in [2.24, 2.45) is 0 Å². The SMILES string of the molecule is Fc1ccc(CCCNC(=S)Nc2nc(N3CCCCC3)cc(N3CCN(c4ccccc4)CC3)n2)cc1. The molecule has 0 spiro atoms. The van der Waals surface area contributed by atoms with E-state index >= 15 is 0 Å². The first-order chi connectivity index (χ1) is 18.6. The summed E-state index contributed by atoms with van der Waals surface area (Å²) < 4.78 is 13.1. The molecule has 5 rings (SSSR count). The van der Waals surface area contributed by atoms with Crippen LogP contribution in [0.25, 0.3) is 0 Å². The van der Waals surface area contributed by atoms with Gasteiger partial charge in [-0.15, -0.1) is 0 Å². The summed E-state index contributed by atoms with van der Waals surface area (Å²) in [6.07, 6.45) is 5.39. The van der Waals surface area contributed by atoms with Crippen LogP contribution >= 0.6 is 12.2 Å². The average molecular weight is 534 g/mol. The molecule has 1 aromatic heterocycles. The van der Waals surface area contributed by atoms with Gasteiger partial charge in [0.15, 0.2) is 5.11 Å². The van der Waals surface area contributed by atoms with Crippen LogP contribution in [0.4, 0.5) is 27.7 Å². The summed E-state index contributed by atoms with van der Waals surface area (Å²) in [7, 11) is 0. The van der Waals surface area contributed by atoms with Crippen LogP contribution in [0.15, 0.2) is 60.7 Å². The molecule has 200 valence electrons. The van der Waals surface area contributed by atoms with E-state index in [0.717, 1.165) is 69.3 Å². The molecule has 0 aliphatic carbocycles. The minimum Gasteiger partial charge on any atom is -0.368 e. The molecule has 0 radical (unpaired) electrons. The predicted octanol–water partition coefficient (Wildman–Crippen LogP) is 4.85. The second-order valence-electron chi connectivity index (χ2n) is 9.88. The number of halogens is 1. The van der Waals surface area contributed by atoms with E-state index in [2.05, 4.69) is 61.7 Å². The number of hydrogen-bond acceptors (Lipinski definition) is 6. The summed E-state index contributed by atoms with van der Waals surface area (Å²) in [6, 6.07) is 19.4. The standard InChI is InChI=1S/C29H36FN7S/c30-24-13-11-23(12-14-24)8-7-15-31-29(38)34-28-32-26(36-16-5-2-6-17-36)22-27(33-28)37-20-18-35(19-21-37)25-9-3-1-4-10-25/h1,3-4,9-14,22H,2,5-8,15-21H2,(H2,31,32,33,34,38). The summed E-state index contributed by atoms with van der Waals surface area (Å²) in [5, 5.41) is 7.01. The van der Waals surface area contributed by atoms with Crippen molar-refractivity contribution in [2.75, 3.05) is 65.8 Å². The van der Waals surface area contributed by atoms with Crippen LogP contribution in [0.3, 0.4) is 0 Å². The molecule has 3 aromatic rings. The molecule has 2 aliphatic heterocycles. The van der Waals surface area contributed by atoms with Crippen LogP contribution in [0, 0.1) is 5.82 Å². The summed E-state index contributed by atoms with van der Waals surface area (Å²) >= 11 is 5.57. The number of benzene rings is 2. The Bertz CT molecular complexity index is 1180. The van der Waals surface area contributed by atoms with E-state index in [-0.39, 0.29) is 5.82 Å². The number of aryl methyl sites for hydroxylation is 1. The molecule has 3 heterocycles. The molecule has 0 saturated carbocycles. The summed E-state index contributed by atoms with van der Waals surface area (Å²) in [5.41, 5.74) is 2.38. The number of thiocarbonyl (C=S) groups is 1. The molecule has 9 heteroatoms. The third-order valence-corrected chi connectivity index (χ3v) is 7.42.